The number of carbonyl (C=O) groups excluding carboxylic acids is 1. The van der Waals surface area contributed by atoms with Crippen LogP contribution in [-0.2, 0) is 4.79 Å². The Morgan fingerprint density at radius 1 is 1.28 bits per heavy atom. The second kappa shape index (κ2) is 8.40. The molecule has 0 atom stereocenters. The summed E-state index contributed by atoms with van der Waals surface area (Å²) in [4.78, 5) is 23.7. The van der Waals surface area contributed by atoms with Gasteiger partial charge in [-0.15, -0.1) is 0 Å². The maximum Gasteiger partial charge on any atom is 0.273 e. The third-order valence-corrected chi connectivity index (χ3v) is 3.28. The van der Waals surface area contributed by atoms with Crippen LogP contribution in [0.5, 0.6) is 5.75 Å². The molecule has 0 saturated heterocycles. The predicted octanol–water partition coefficient (Wildman–Crippen LogP) is 3.06. The SMILES string of the molecule is N#CCCN(C(=O)COc1cccc([N+](=O)[O-])c1)c1ccccc1F. The maximum absolute atomic E-state index is 13.9. The van der Waals surface area contributed by atoms with Crippen molar-refractivity contribution in [3.8, 4) is 11.8 Å². The molecule has 2 aromatic rings. The molecule has 0 spiro atoms. The van der Waals surface area contributed by atoms with E-state index in [1.54, 1.807) is 6.07 Å². The lowest BCUT2D eigenvalue weighted by molar-refractivity contribution is -0.384. The van der Waals surface area contributed by atoms with Crippen LogP contribution in [0.15, 0.2) is 48.5 Å². The number of nitrogens with zero attached hydrogens (tertiary/aromatic N) is 3. The number of anilines is 1. The largest absolute Gasteiger partial charge is 0.483 e. The fourth-order valence-corrected chi connectivity index (χ4v) is 2.12. The molecule has 0 heterocycles. The van der Waals surface area contributed by atoms with Crippen LogP contribution in [0, 0.1) is 27.3 Å². The Balaban J connectivity index is 2.12. The maximum atomic E-state index is 13.9. The standard InChI is InChI=1S/C17H14FN3O4/c18-15-7-1-2-8-16(15)20(10-4-9-19)17(22)12-25-14-6-3-5-13(11-14)21(23)24/h1-3,5-8,11H,4,10,12H2. The van der Waals surface area contributed by atoms with Crippen LogP contribution >= 0.6 is 0 Å². The lowest BCUT2D eigenvalue weighted by atomic mass is 10.2. The van der Waals surface area contributed by atoms with Crippen molar-refractivity contribution in [2.75, 3.05) is 18.1 Å². The van der Waals surface area contributed by atoms with Gasteiger partial charge in [0.25, 0.3) is 11.6 Å². The van der Waals surface area contributed by atoms with Crippen LogP contribution in [0.2, 0.25) is 0 Å². The van der Waals surface area contributed by atoms with E-state index in [0.717, 1.165) is 4.90 Å². The fraction of sp³-hybridized carbons (Fsp3) is 0.176. The van der Waals surface area contributed by atoms with Gasteiger partial charge in [-0.05, 0) is 18.2 Å². The number of rotatable bonds is 7. The highest BCUT2D eigenvalue weighted by atomic mass is 19.1. The zero-order chi connectivity index (χ0) is 18.2. The molecule has 128 valence electrons. The minimum Gasteiger partial charge on any atom is -0.483 e. The van der Waals surface area contributed by atoms with Gasteiger partial charge in [-0.1, -0.05) is 18.2 Å². The quantitative estimate of drug-likeness (QED) is 0.568. The first-order valence-electron chi connectivity index (χ1n) is 7.32. The Kier molecular flexibility index (Phi) is 6.01. The number of non-ortho nitro benzene ring substituents is 1. The van der Waals surface area contributed by atoms with Gasteiger partial charge in [0.05, 0.1) is 29.2 Å². The monoisotopic (exact) mass is 343 g/mol. The van der Waals surface area contributed by atoms with E-state index in [-0.39, 0.29) is 30.1 Å². The van der Waals surface area contributed by atoms with Crippen LogP contribution in [0.3, 0.4) is 0 Å². The Hall–Kier alpha value is -3.47. The van der Waals surface area contributed by atoms with Crippen molar-refractivity contribution >= 4 is 17.3 Å². The van der Waals surface area contributed by atoms with Gasteiger partial charge in [0.15, 0.2) is 6.61 Å². The molecule has 0 saturated carbocycles. The van der Waals surface area contributed by atoms with Crippen molar-refractivity contribution < 1.29 is 18.8 Å². The van der Waals surface area contributed by atoms with Crippen molar-refractivity contribution in [3.05, 3.63) is 64.5 Å². The van der Waals surface area contributed by atoms with Gasteiger partial charge >= 0.3 is 0 Å². The van der Waals surface area contributed by atoms with Crippen molar-refractivity contribution in [1.29, 1.82) is 5.26 Å². The van der Waals surface area contributed by atoms with Gasteiger partial charge in [-0.25, -0.2) is 4.39 Å². The first-order valence-corrected chi connectivity index (χ1v) is 7.32. The molecule has 2 rings (SSSR count). The van der Waals surface area contributed by atoms with E-state index < -0.39 is 23.3 Å². The molecular weight excluding hydrogens is 329 g/mol. The number of para-hydroxylation sites is 1. The zero-order valence-electron chi connectivity index (χ0n) is 13.1. The molecule has 0 bridgehead atoms. The Morgan fingerprint density at radius 2 is 2.04 bits per heavy atom. The van der Waals surface area contributed by atoms with Gasteiger partial charge in [0.1, 0.15) is 11.6 Å². The van der Waals surface area contributed by atoms with E-state index in [4.69, 9.17) is 10.00 Å². The topological polar surface area (TPSA) is 96.5 Å². The molecule has 25 heavy (non-hydrogen) atoms. The third-order valence-electron chi connectivity index (χ3n) is 3.28. The van der Waals surface area contributed by atoms with Crippen LogP contribution in [0.1, 0.15) is 6.42 Å². The summed E-state index contributed by atoms with van der Waals surface area (Å²) in [6, 6.07) is 13.0. The second-order valence-corrected chi connectivity index (χ2v) is 4.95. The van der Waals surface area contributed by atoms with E-state index >= 15 is 0 Å². The molecular formula is C17H14FN3O4. The second-order valence-electron chi connectivity index (χ2n) is 4.95. The molecule has 0 N–H and O–H groups in total. The summed E-state index contributed by atoms with van der Waals surface area (Å²) in [5.74, 6) is -1.01. The van der Waals surface area contributed by atoms with Gasteiger partial charge in [0.2, 0.25) is 0 Å². The van der Waals surface area contributed by atoms with E-state index in [2.05, 4.69) is 0 Å². The molecule has 0 aliphatic carbocycles. The molecule has 7 nitrogen and oxygen atoms in total. The summed E-state index contributed by atoms with van der Waals surface area (Å²) in [5, 5.41) is 19.5. The average Bonchev–Trinajstić information content (AvgIpc) is 2.62. The van der Waals surface area contributed by atoms with Gasteiger partial charge in [-0.2, -0.15) is 5.26 Å². The van der Waals surface area contributed by atoms with Crippen LogP contribution in [-0.4, -0.2) is 24.0 Å². The summed E-state index contributed by atoms with van der Waals surface area (Å²) >= 11 is 0. The van der Waals surface area contributed by atoms with Crippen molar-refractivity contribution in [2.45, 2.75) is 6.42 Å². The van der Waals surface area contributed by atoms with Crippen molar-refractivity contribution in [1.82, 2.24) is 0 Å². The Morgan fingerprint density at radius 3 is 2.72 bits per heavy atom. The lowest BCUT2D eigenvalue weighted by Crippen LogP contribution is -2.36. The molecule has 0 aliphatic heterocycles. The number of amides is 1. The van der Waals surface area contributed by atoms with E-state index in [0.29, 0.717) is 0 Å². The summed E-state index contributed by atoms with van der Waals surface area (Å²) in [7, 11) is 0. The highest BCUT2D eigenvalue weighted by molar-refractivity contribution is 5.94. The molecule has 0 aliphatic rings. The van der Waals surface area contributed by atoms with Crippen LogP contribution < -0.4 is 9.64 Å². The van der Waals surface area contributed by atoms with E-state index in [1.807, 2.05) is 6.07 Å². The fourth-order valence-electron chi connectivity index (χ4n) is 2.12. The smallest absolute Gasteiger partial charge is 0.273 e. The number of hydrogen-bond acceptors (Lipinski definition) is 5. The molecule has 8 heteroatoms. The van der Waals surface area contributed by atoms with Crippen LogP contribution in [0.25, 0.3) is 0 Å². The average molecular weight is 343 g/mol. The number of nitro groups is 1. The number of benzene rings is 2. The van der Waals surface area contributed by atoms with Crippen molar-refractivity contribution in [2.24, 2.45) is 0 Å². The lowest BCUT2D eigenvalue weighted by Gasteiger charge is -2.22. The molecule has 0 radical (unpaired) electrons. The molecule has 0 fully saturated rings. The molecule has 1 amide bonds. The van der Waals surface area contributed by atoms with Gasteiger partial charge < -0.3 is 9.64 Å². The van der Waals surface area contributed by atoms with Crippen molar-refractivity contribution in [3.63, 3.8) is 0 Å². The third kappa shape index (κ3) is 4.75. The normalized spacial score (nSPS) is 9.92. The number of halogens is 1. The first kappa shape index (κ1) is 17.9. The van der Waals surface area contributed by atoms with E-state index in [9.17, 15) is 19.3 Å². The number of nitriles is 1. The minimum atomic E-state index is -0.593. The van der Waals surface area contributed by atoms with E-state index in [1.165, 1.54) is 42.5 Å². The highest BCUT2D eigenvalue weighted by Crippen LogP contribution is 2.21. The number of ether oxygens (including phenoxy) is 1. The molecule has 0 aromatic heterocycles. The summed E-state index contributed by atoms with van der Waals surface area (Å²) < 4.78 is 19.2. The predicted molar refractivity (Wildman–Crippen MR) is 87.6 cm³/mol. The summed E-state index contributed by atoms with van der Waals surface area (Å²) in [6.45, 7) is -0.435. The molecule has 2 aromatic carbocycles. The van der Waals surface area contributed by atoms with Gasteiger partial charge in [0, 0.05) is 12.6 Å². The molecule has 0 unspecified atom stereocenters. The zero-order valence-corrected chi connectivity index (χ0v) is 13.1. The minimum absolute atomic E-state index is 0.00850. The summed E-state index contributed by atoms with van der Waals surface area (Å²) in [6.07, 6.45) is 0.0247. The Bertz CT molecular complexity index is 820. The Labute approximate surface area is 143 Å². The first-order chi connectivity index (χ1) is 12.0. The van der Waals surface area contributed by atoms with Crippen LogP contribution in [0.4, 0.5) is 15.8 Å². The number of nitro benzene ring substituents is 1. The summed E-state index contributed by atoms with van der Waals surface area (Å²) in [5.41, 5.74) is -0.120. The number of hydrogen-bond donors (Lipinski definition) is 0. The number of carbonyl (C=O) groups is 1. The van der Waals surface area contributed by atoms with Gasteiger partial charge in [-0.3, -0.25) is 14.9 Å². The highest BCUT2D eigenvalue weighted by Gasteiger charge is 2.19.